The van der Waals surface area contributed by atoms with Crippen molar-refractivity contribution in [2.24, 2.45) is 5.73 Å². The van der Waals surface area contributed by atoms with Crippen LogP contribution in [0.4, 0.5) is 0 Å². The molecule has 0 atom stereocenters. The third kappa shape index (κ3) is 5.36. The Hall–Kier alpha value is -1.09. The molecule has 1 amide bonds. The van der Waals surface area contributed by atoms with Gasteiger partial charge in [0.05, 0.1) is 0 Å². The van der Waals surface area contributed by atoms with Crippen LogP contribution in [0.25, 0.3) is 0 Å². The minimum Gasteiger partial charge on any atom is -0.351 e. The van der Waals surface area contributed by atoms with Crippen molar-refractivity contribution in [2.75, 3.05) is 13.1 Å². The summed E-state index contributed by atoms with van der Waals surface area (Å²) in [6.07, 6.45) is 3.12. The van der Waals surface area contributed by atoms with Crippen LogP contribution >= 0.6 is 0 Å². The molecule has 0 rings (SSSR count). The minimum absolute atomic E-state index is 0.118. The normalized spacial score (nSPS) is 10.9. The van der Waals surface area contributed by atoms with E-state index in [1.807, 2.05) is 6.92 Å². The quantitative estimate of drug-likeness (QED) is 0.448. The van der Waals surface area contributed by atoms with Crippen molar-refractivity contribution in [3.8, 4) is 0 Å². The molecule has 11 heavy (non-hydrogen) atoms. The third-order valence-electron chi connectivity index (χ3n) is 1.12. The molecule has 0 heterocycles. The molecule has 3 nitrogen and oxygen atoms in total. The van der Waals surface area contributed by atoms with E-state index >= 15 is 0 Å². The Bertz CT molecular complexity index is 173. The number of nitrogens with one attached hydrogen (secondary N) is 1. The van der Waals surface area contributed by atoms with Crippen molar-refractivity contribution in [3.05, 3.63) is 24.3 Å². The summed E-state index contributed by atoms with van der Waals surface area (Å²) in [5, 5.41) is 2.61. The Kier molecular flexibility index (Phi) is 5.11. The molecule has 0 fully saturated rings. The first-order valence-corrected chi connectivity index (χ1v) is 3.49. The fourth-order valence-electron chi connectivity index (χ4n) is 0.512. The smallest absolute Gasteiger partial charge is 0.244 e. The summed E-state index contributed by atoms with van der Waals surface area (Å²) in [4.78, 5) is 10.9. The number of carbonyl (C=O) groups excluding carboxylic acids is 1. The van der Waals surface area contributed by atoms with Gasteiger partial charge in [0.25, 0.3) is 0 Å². The van der Waals surface area contributed by atoms with E-state index < -0.39 is 0 Å². The van der Waals surface area contributed by atoms with Gasteiger partial charge in [-0.3, -0.25) is 4.79 Å². The first kappa shape index (κ1) is 9.91. The highest BCUT2D eigenvalue weighted by Gasteiger charge is 1.92. The van der Waals surface area contributed by atoms with Gasteiger partial charge in [-0.2, -0.15) is 0 Å². The van der Waals surface area contributed by atoms with Crippen LogP contribution in [0.1, 0.15) is 6.92 Å². The number of amides is 1. The Labute approximate surface area is 67.0 Å². The highest BCUT2D eigenvalue weighted by atomic mass is 16.1. The zero-order valence-corrected chi connectivity index (χ0v) is 6.76. The third-order valence-corrected chi connectivity index (χ3v) is 1.12. The molecule has 0 aliphatic heterocycles. The molecule has 0 aliphatic rings. The predicted octanol–water partition coefficient (Wildman–Crippen LogP) is 0.194. The fourth-order valence-corrected chi connectivity index (χ4v) is 0.512. The highest BCUT2D eigenvalue weighted by Crippen LogP contribution is 1.90. The van der Waals surface area contributed by atoms with Gasteiger partial charge in [0.15, 0.2) is 0 Å². The lowest BCUT2D eigenvalue weighted by Crippen LogP contribution is -2.27. The van der Waals surface area contributed by atoms with E-state index in [0.29, 0.717) is 13.1 Å². The minimum atomic E-state index is -0.118. The maximum atomic E-state index is 10.9. The lowest BCUT2D eigenvalue weighted by atomic mass is 10.3. The molecule has 3 N–H and O–H groups in total. The Morgan fingerprint density at radius 3 is 2.82 bits per heavy atom. The molecule has 0 spiro atoms. The van der Waals surface area contributed by atoms with Crippen molar-refractivity contribution >= 4 is 5.91 Å². The topological polar surface area (TPSA) is 55.1 Å². The van der Waals surface area contributed by atoms with Crippen molar-refractivity contribution < 1.29 is 4.79 Å². The molecule has 0 bridgehead atoms. The average molecular weight is 154 g/mol. The van der Waals surface area contributed by atoms with Gasteiger partial charge in [-0.05, 0) is 12.5 Å². The van der Waals surface area contributed by atoms with E-state index in [2.05, 4.69) is 11.9 Å². The Morgan fingerprint density at radius 1 is 1.73 bits per heavy atom. The van der Waals surface area contributed by atoms with Gasteiger partial charge in [0.2, 0.25) is 5.91 Å². The molecule has 0 aromatic heterocycles. The molecule has 0 radical (unpaired) electrons. The summed E-state index contributed by atoms with van der Waals surface area (Å²) in [5.74, 6) is -0.118. The number of hydrogen-bond acceptors (Lipinski definition) is 2. The number of nitrogens with two attached hydrogens (primary N) is 1. The van der Waals surface area contributed by atoms with Gasteiger partial charge in [-0.25, -0.2) is 0 Å². The lowest BCUT2D eigenvalue weighted by Gasteiger charge is -1.97. The van der Waals surface area contributed by atoms with Crippen molar-refractivity contribution in [3.63, 3.8) is 0 Å². The van der Waals surface area contributed by atoms with E-state index in [1.54, 1.807) is 6.08 Å². The molecule has 0 aromatic carbocycles. The van der Waals surface area contributed by atoms with E-state index in [-0.39, 0.29) is 5.91 Å². The van der Waals surface area contributed by atoms with Gasteiger partial charge in [0.1, 0.15) is 0 Å². The van der Waals surface area contributed by atoms with Crippen LogP contribution in [0.2, 0.25) is 0 Å². The molecule has 3 heteroatoms. The van der Waals surface area contributed by atoms with Crippen LogP contribution in [0.3, 0.4) is 0 Å². The summed E-state index contributed by atoms with van der Waals surface area (Å²) >= 11 is 0. The molecule has 0 saturated carbocycles. The van der Waals surface area contributed by atoms with E-state index in [9.17, 15) is 4.79 Å². The fraction of sp³-hybridized carbons (Fsp3) is 0.375. The molecular formula is C8H14N2O. The monoisotopic (exact) mass is 154 g/mol. The highest BCUT2D eigenvalue weighted by molar-refractivity contribution is 5.88. The van der Waals surface area contributed by atoms with Gasteiger partial charge in [-0.15, -0.1) is 0 Å². The van der Waals surface area contributed by atoms with E-state index in [0.717, 1.165) is 5.57 Å². The largest absolute Gasteiger partial charge is 0.351 e. The van der Waals surface area contributed by atoms with Crippen LogP contribution in [-0.2, 0) is 4.79 Å². The van der Waals surface area contributed by atoms with Crippen LogP contribution in [-0.4, -0.2) is 19.0 Å². The van der Waals surface area contributed by atoms with E-state index in [1.165, 1.54) is 6.08 Å². The number of carbonyl (C=O) groups is 1. The molecule has 0 unspecified atom stereocenters. The number of rotatable bonds is 4. The number of hydrogen-bond donors (Lipinski definition) is 2. The van der Waals surface area contributed by atoms with Crippen molar-refractivity contribution in [2.45, 2.75) is 6.92 Å². The first-order valence-electron chi connectivity index (χ1n) is 3.49. The average Bonchev–Trinajstić information content (AvgIpc) is 2.00. The Morgan fingerprint density at radius 2 is 2.36 bits per heavy atom. The summed E-state index contributed by atoms with van der Waals surface area (Å²) in [5.41, 5.74) is 6.03. The van der Waals surface area contributed by atoms with E-state index in [4.69, 9.17) is 5.73 Å². The second-order valence-corrected chi connectivity index (χ2v) is 2.17. The summed E-state index contributed by atoms with van der Waals surface area (Å²) in [6.45, 7) is 6.31. The molecule has 0 aliphatic carbocycles. The summed E-state index contributed by atoms with van der Waals surface area (Å²) < 4.78 is 0. The van der Waals surface area contributed by atoms with Gasteiger partial charge >= 0.3 is 0 Å². The predicted molar refractivity (Wildman–Crippen MR) is 46.0 cm³/mol. The van der Waals surface area contributed by atoms with Gasteiger partial charge in [0, 0.05) is 19.2 Å². The maximum Gasteiger partial charge on any atom is 0.244 e. The van der Waals surface area contributed by atoms with Crippen LogP contribution in [0.5, 0.6) is 0 Å². The van der Waals surface area contributed by atoms with Crippen LogP contribution in [0.15, 0.2) is 24.3 Å². The van der Waals surface area contributed by atoms with Crippen molar-refractivity contribution in [1.82, 2.24) is 5.32 Å². The molecule has 62 valence electrons. The lowest BCUT2D eigenvalue weighted by molar-refractivity contribution is -0.116. The number of allylic oxidation sites excluding steroid dienone is 2. The summed E-state index contributed by atoms with van der Waals surface area (Å²) in [7, 11) is 0. The zero-order valence-electron chi connectivity index (χ0n) is 6.76. The molecule has 0 saturated heterocycles. The summed E-state index contributed by atoms with van der Waals surface area (Å²) in [6, 6.07) is 0. The first-order chi connectivity index (χ1) is 5.20. The second kappa shape index (κ2) is 5.68. The standard InChI is InChI=1S/C8H14N2O/c1-3-7(2)6-8(11)10-5-4-9/h3,6H,1,4-5,9H2,2H3,(H,10,11)/b7-6-. The Balaban J connectivity index is 3.76. The van der Waals surface area contributed by atoms with Gasteiger partial charge in [-0.1, -0.05) is 12.7 Å². The maximum absolute atomic E-state index is 10.9. The van der Waals surface area contributed by atoms with Crippen LogP contribution in [0, 0.1) is 0 Å². The van der Waals surface area contributed by atoms with Crippen molar-refractivity contribution in [1.29, 1.82) is 0 Å². The molecular weight excluding hydrogens is 140 g/mol. The van der Waals surface area contributed by atoms with Crippen LogP contribution < -0.4 is 11.1 Å². The zero-order chi connectivity index (χ0) is 8.69. The molecule has 0 aromatic rings. The SMILES string of the molecule is C=C/C(C)=C\C(=O)NCCN. The second-order valence-electron chi connectivity index (χ2n) is 2.17. The van der Waals surface area contributed by atoms with Gasteiger partial charge < -0.3 is 11.1 Å².